The van der Waals surface area contributed by atoms with Gasteiger partial charge in [0, 0.05) is 10.5 Å². The molecule has 4 rings (SSSR count). The zero-order chi connectivity index (χ0) is 23.7. The number of hydrogen-bond acceptors (Lipinski definition) is 8. The summed E-state index contributed by atoms with van der Waals surface area (Å²) in [5.41, 5.74) is -0.965. The van der Waals surface area contributed by atoms with Gasteiger partial charge < -0.3 is 24.8 Å². The minimum atomic E-state index is -1.61. The van der Waals surface area contributed by atoms with Crippen molar-refractivity contribution in [2.24, 2.45) is 0 Å². The van der Waals surface area contributed by atoms with Crippen LogP contribution in [0.5, 0.6) is 5.75 Å². The summed E-state index contributed by atoms with van der Waals surface area (Å²) >= 11 is 1.17. The van der Waals surface area contributed by atoms with Gasteiger partial charge in [0.2, 0.25) is 0 Å². The average molecular weight is 483 g/mol. The van der Waals surface area contributed by atoms with Gasteiger partial charge in [-0.05, 0) is 36.4 Å². The number of aromatic nitrogens is 3. The highest BCUT2D eigenvalue weighted by atomic mass is 32.2. The Labute approximate surface area is 190 Å². The Bertz CT molecular complexity index is 1090. The molecule has 0 saturated carbocycles. The summed E-state index contributed by atoms with van der Waals surface area (Å²) in [6.07, 6.45) is -2.44. The van der Waals surface area contributed by atoms with Crippen LogP contribution in [0.3, 0.4) is 0 Å². The summed E-state index contributed by atoms with van der Waals surface area (Å²) < 4.78 is 52.4. The predicted molar refractivity (Wildman–Crippen MR) is 111 cm³/mol. The molecule has 176 valence electrons. The second kappa shape index (κ2) is 9.69. The van der Waals surface area contributed by atoms with Crippen molar-refractivity contribution in [2.75, 3.05) is 13.7 Å². The molecular formula is C21H20F3N3O5S. The lowest BCUT2D eigenvalue weighted by Crippen LogP contribution is -2.55. The molecule has 3 N–H and O–H groups in total. The van der Waals surface area contributed by atoms with E-state index in [1.165, 1.54) is 25.1 Å². The van der Waals surface area contributed by atoms with Gasteiger partial charge in [-0.25, -0.2) is 17.9 Å². The van der Waals surface area contributed by atoms with E-state index in [9.17, 15) is 28.5 Å². The topological polar surface area (TPSA) is 110 Å². The summed E-state index contributed by atoms with van der Waals surface area (Å²) in [4.78, 5) is 0.739. The number of nitrogens with zero attached hydrogens (tertiary/aromatic N) is 3. The van der Waals surface area contributed by atoms with E-state index >= 15 is 0 Å². The smallest absolute Gasteiger partial charge is 0.194 e. The highest BCUT2D eigenvalue weighted by Crippen LogP contribution is 2.38. The Kier molecular flexibility index (Phi) is 6.91. The average Bonchev–Trinajstić information content (AvgIpc) is 3.29. The monoisotopic (exact) mass is 483 g/mol. The summed E-state index contributed by atoms with van der Waals surface area (Å²) in [5.74, 6) is -3.73. The first-order valence-corrected chi connectivity index (χ1v) is 10.7. The minimum Gasteiger partial charge on any atom is -0.497 e. The van der Waals surface area contributed by atoms with Gasteiger partial charge in [0.05, 0.1) is 19.9 Å². The van der Waals surface area contributed by atoms with Gasteiger partial charge in [0.25, 0.3) is 0 Å². The number of ether oxygens (including phenoxy) is 2. The van der Waals surface area contributed by atoms with E-state index in [1.807, 2.05) is 0 Å². The van der Waals surface area contributed by atoms with Crippen LogP contribution < -0.4 is 4.74 Å². The second-order valence-corrected chi connectivity index (χ2v) is 8.50. The molecule has 2 heterocycles. The van der Waals surface area contributed by atoms with E-state index in [-0.39, 0.29) is 11.3 Å². The fourth-order valence-corrected chi connectivity index (χ4v) is 4.58. The third-order valence-corrected chi connectivity index (χ3v) is 6.42. The number of benzene rings is 2. The molecular weight excluding hydrogens is 463 g/mol. The largest absolute Gasteiger partial charge is 0.497 e. The Morgan fingerprint density at radius 2 is 1.76 bits per heavy atom. The molecule has 0 aliphatic carbocycles. The number of thioether (sulfide) groups is 1. The van der Waals surface area contributed by atoms with Crippen LogP contribution in [-0.4, -0.2) is 67.8 Å². The maximum atomic E-state index is 13.6. The molecule has 2 aromatic carbocycles. The van der Waals surface area contributed by atoms with Crippen LogP contribution >= 0.6 is 11.8 Å². The van der Waals surface area contributed by atoms with Crippen molar-refractivity contribution in [3.8, 4) is 17.0 Å². The molecule has 0 spiro atoms. The molecule has 1 aliphatic rings. The van der Waals surface area contributed by atoms with Gasteiger partial charge in [-0.3, -0.25) is 0 Å². The summed E-state index contributed by atoms with van der Waals surface area (Å²) in [7, 11) is 1.54. The van der Waals surface area contributed by atoms with Gasteiger partial charge in [-0.1, -0.05) is 17.0 Å². The first-order chi connectivity index (χ1) is 15.8. The number of rotatable bonds is 6. The van der Waals surface area contributed by atoms with Crippen molar-refractivity contribution < 1.29 is 38.0 Å². The second-order valence-electron chi connectivity index (χ2n) is 7.33. The Morgan fingerprint density at radius 3 is 2.36 bits per heavy atom. The fraction of sp³-hybridized carbons (Fsp3) is 0.333. The molecule has 0 radical (unpaired) electrons. The van der Waals surface area contributed by atoms with Crippen molar-refractivity contribution in [1.82, 2.24) is 15.0 Å². The van der Waals surface area contributed by atoms with Gasteiger partial charge in [0.1, 0.15) is 41.2 Å². The highest BCUT2D eigenvalue weighted by molar-refractivity contribution is 7.99. The first kappa shape index (κ1) is 23.5. The number of aliphatic hydroxyl groups excluding tert-OH is 3. The minimum absolute atomic E-state index is 0.00130. The SMILES string of the molecule is COc1ccc(S[C@H]2OC(CO)[C@H](O)C(n3cc(-c4cc(F)c(F)c(F)c4)nn3)C2O)cc1. The molecule has 1 aliphatic heterocycles. The predicted octanol–water partition coefficient (Wildman–Crippen LogP) is 2.14. The number of methoxy groups -OCH3 is 1. The summed E-state index contributed by atoms with van der Waals surface area (Å²) in [5, 5.41) is 39.0. The summed E-state index contributed by atoms with van der Waals surface area (Å²) in [6, 6.07) is 7.43. The Morgan fingerprint density at radius 1 is 1.09 bits per heavy atom. The van der Waals surface area contributed by atoms with Crippen LogP contribution in [-0.2, 0) is 4.74 Å². The van der Waals surface area contributed by atoms with Gasteiger partial charge in [-0.2, -0.15) is 0 Å². The summed E-state index contributed by atoms with van der Waals surface area (Å²) in [6.45, 7) is -0.528. The lowest BCUT2D eigenvalue weighted by molar-refractivity contribution is -0.178. The quantitative estimate of drug-likeness (QED) is 0.458. The van der Waals surface area contributed by atoms with Crippen LogP contribution in [0.1, 0.15) is 6.04 Å². The lowest BCUT2D eigenvalue weighted by Gasteiger charge is -2.41. The third-order valence-electron chi connectivity index (χ3n) is 5.26. The van der Waals surface area contributed by atoms with E-state index in [2.05, 4.69) is 10.3 Å². The van der Waals surface area contributed by atoms with Crippen molar-refractivity contribution >= 4 is 11.8 Å². The normalized spacial score (nSPS) is 25.2. The maximum absolute atomic E-state index is 13.6. The third kappa shape index (κ3) is 4.70. The van der Waals surface area contributed by atoms with Gasteiger partial charge in [-0.15, -0.1) is 5.10 Å². The van der Waals surface area contributed by atoms with Crippen molar-refractivity contribution in [3.05, 3.63) is 60.0 Å². The zero-order valence-corrected chi connectivity index (χ0v) is 18.0. The molecule has 33 heavy (non-hydrogen) atoms. The van der Waals surface area contributed by atoms with Crippen molar-refractivity contribution in [1.29, 1.82) is 0 Å². The molecule has 8 nitrogen and oxygen atoms in total. The molecule has 1 aromatic heterocycles. The van der Waals surface area contributed by atoms with E-state index in [4.69, 9.17) is 9.47 Å². The molecule has 0 bridgehead atoms. The van der Waals surface area contributed by atoms with E-state index in [1.54, 1.807) is 24.3 Å². The molecule has 3 unspecified atom stereocenters. The van der Waals surface area contributed by atoms with Crippen LogP contribution in [0.25, 0.3) is 11.3 Å². The first-order valence-electron chi connectivity index (χ1n) is 9.82. The Hall–Kier alpha value is -2.64. The van der Waals surface area contributed by atoms with Crippen molar-refractivity contribution in [3.63, 3.8) is 0 Å². The number of halogens is 3. The Balaban J connectivity index is 1.61. The molecule has 1 saturated heterocycles. The van der Waals surface area contributed by atoms with Gasteiger partial charge in [0.15, 0.2) is 17.5 Å². The van der Waals surface area contributed by atoms with E-state index in [0.717, 1.165) is 21.7 Å². The molecule has 0 amide bonds. The van der Waals surface area contributed by atoms with Crippen LogP contribution in [0.2, 0.25) is 0 Å². The highest BCUT2D eigenvalue weighted by Gasteiger charge is 2.46. The molecule has 3 aromatic rings. The van der Waals surface area contributed by atoms with Crippen LogP contribution in [0, 0.1) is 17.5 Å². The number of aliphatic hydroxyl groups is 3. The standard InChI is InChI=1S/C21H20F3N3O5S/c1-31-11-2-4-12(5-3-11)33-21-20(30)18(19(29)16(9-28)32-21)27-8-15(25-26-27)10-6-13(22)17(24)14(23)7-10/h2-8,16,18-21,28-30H,9H2,1H3/t16?,18?,19-,20?,21+/m0/s1. The fourth-order valence-electron chi connectivity index (χ4n) is 3.52. The molecule has 12 heteroatoms. The molecule has 1 fully saturated rings. The number of hydrogen-bond donors (Lipinski definition) is 3. The van der Waals surface area contributed by atoms with E-state index in [0.29, 0.717) is 5.75 Å². The lowest BCUT2D eigenvalue weighted by atomic mass is 9.97. The van der Waals surface area contributed by atoms with E-state index < -0.39 is 53.8 Å². The van der Waals surface area contributed by atoms with Crippen LogP contribution in [0.4, 0.5) is 13.2 Å². The maximum Gasteiger partial charge on any atom is 0.194 e. The zero-order valence-electron chi connectivity index (χ0n) is 17.2. The molecule has 5 atom stereocenters. The van der Waals surface area contributed by atoms with Crippen LogP contribution in [0.15, 0.2) is 47.5 Å². The van der Waals surface area contributed by atoms with Crippen molar-refractivity contribution in [2.45, 2.75) is 34.7 Å². The van der Waals surface area contributed by atoms with Gasteiger partial charge >= 0.3 is 0 Å².